The molecule has 0 spiro atoms. The molecular weight excluding hydrogens is 384 g/mol. The molecule has 2 aromatic heterocycles. The minimum Gasteiger partial charge on any atom is -0.331 e. The van der Waals surface area contributed by atoms with Gasteiger partial charge in [0.25, 0.3) is 5.69 Å². The lowest BCUT2D eigenvalue weighted by atomic mass is 10.1. The predicted molar refractivity (Wildman–Crippen MR) is 89.7 cm³/mol. The highest BCUT2D eigenvalue weighted by atomic mass is 79.9. The molecule has 1 N–H and O–H groups in total. The van der Waals surface area contributed by atoms with E-state index in [1.807, 2.05) is 6.07 Å². The van der Waals surface area contributed by atoms with Gasteiger partial charge in [0.05, 0.1) is 16.2 Å². The number of aromatic amines is 1. The van der Waals surface area contributed by atoms with Crippen LogP contribution in [0.4, 0.5) is 5.69 Å². The Kier molecular flexibility index (Phi) is 4.39. The lowest BCUT2D eigenvalue weighted by Gasteiger charge is -1.99. The highest BCUT2D eigenvalue weighted by molar-refractivity contribution is 9.10. The number of Topliss-reactive ketones (excluding diaryl/α,β-unsaturated/α-hetero) is 1. The highest BCUT2D eigenvalue weighted by Crippen LogP contribution is 2.22. The van der Waals surface area contributed by atoms with Gasteiger partial charge in [-0.15, -0.1) is 0 Å². The Morgan fingerprint density at radius 1 is 1.35 bits per heavy atom. The largest absolute Gasteiger partial charge is 0.331 e. The normalized spacial score (nSPS) is 10.8. The van der Waals surface area contributed by atoms with Crippen molar-refractivity contribution < 1.29 is 9.72 Å². The molecule has 0 saturated heterocycles. The fraction of sp³-hybridized carbons (Fsp3) is 0.0714. The second-order valence-corrected chi connectivity index (χ2v) is 6.46. The van der Waals surface area contributed by atoms with E-state index >= 15 is 0 Å². The Hall–Kier alpha value is -2.26. The van der Waals surface area contributed by atoms with Crippen molar-refractivity contribution in [2.45, 2.75) is 5.16 Å². The van der Waals surface area contributed by atoms with E-state index in [2.05, 4.69) is 30.9 Å². The van der Waals surface area contributed by atoms with Crippen LogP contribution in [0.25, 0.3) is 11.2 Å². The van der Waals surface area contributed by atoms with Crippen LogP contribution in [-0.2, 0) is 0 Å². The molecule has 0 amide bonds. The molecular formula is C14H9BrN4O3S. The van der Waals surface area contributed by atoms with Gasteiger partial charge in [-0.3, -0.25) is 14.9 Å². The number of aromatic nitrogens is 3. The molecule has 0 aliphatic rings. The number of nitrogens with one attached hydrogen (secondary N) is 1. The first kappa shape index (κ1) is 15.6. The molecule has 0 aliphatic heterocycles. The van der Waals surface area contributed by atoms with Gasteiger partial charge in [0.1, 0.15) is 0 Å². The van der Waals surface area contributed by atoms with Crippen molar-refractivity contribution in [3.8, 4) is 0 Å². The molecule has 1 aromatic carbocycles. The number of carbonyl (C=O) groups is 1. The molecule has 3 aromatic rings. The topological polar surface area (TPSA) is 102 Å². The quantitative estimate of drug-likeness (QED) is 0.308. The molecule has 0 saturated carbocycles. The van der Waals surface area contributed by atoms with E-state index in [0.717, 1.165) is 9.99 Å². The number of hydrogen-bond acceptors (Lipinski definition) is 6. The van der Waals surface area contributed by atoms with Crippen LogP contribution >= 0.6 is 27.7 Å². The van der Waals surface area contributed by atoms with Crippen LogP contribution in [-0.4, -0.2) is 31.4 Å². The van der Waals surface area contributed by atoms with Crippen LogP contribution < -0.4 is 0 Å². The number of H-pyrrole nitrogens is 1. The molecule has 23 heavy (non-hydrogen) atoms. The van der Waals surface area contributed by atoms with E-state index in [4.69, 9.17) is 0 Å². The van der Waals surface area contributed by atoms with Gasteiger partial charge in [-0.05, 0) is 34.1 Å². The van der Waals surface area contributed by atoms with E-state index in [1.165, 1.54) is 36.0 Å². The first-order chi connectivity index (χ1) is 11.0. The summed E-state index contributed by atoms with van der Waals surface area (Å²) in [4.78, 5) is 33.7. The molecule has 0 atom stereocenters. The van der Waals surface area contributed by atoms with Crippen LogP contribution in [0.2, 0.25) is 0 Å². The summed E-state index contributed by atoms with van der Waals surface area (Å²) in [5, 5.41) is 11.2. The summed E-state index contributed by atoms with van der Waals surface area (Å²) in [6, 6.07) is 7.41. The van der Waals surface area contributed by atoms with Crippen molar-refractivity contribution in [3.63, 3.8) is 0 Å². The fourth-order valence-electron chi connectivity index (χ4n) is 1.91. The van der Waals surface area contributed by atoms with E-state index in [0.29, 0.717) is 16.4 Å². The van der Waals surface area contributed by atoms with Gasteiger partial charge in [0.15, 0.2) is 16.6 Å². The van der Waals surface area contributed by atoms with Crippen molar-refractivity contribution in [2.24, 2.45) is 0 Å². The Bertz CT molecular complexity index is 895. The number of pyridine rings is 1. The van der Waals surface area contributed by atoms with Crippen LogP contribution in [0.3, 0.4) is 0 Å². The second kappa shape index (κ2) is 6.47. The predicted octanol–water partition coefficient (Wildman–Crippen LogP) is 3.60. The third kappa shape index (κ3) is 3.57. The molecule has 0 radical (unpaired) electrons. The smallest absolute Gasteiger partial charge is 0.269 e. The number of fused-ring (bicyclic) bond motifs is 1. The van der Waals surface area contributed by atoms with Crippen molar-refractivity contribution in [1.29, 1.82) is 0 Å². The molecule has 0 bridgehead atoms. The zero-order chi connectivity index (χ0) is 16.4. The maximum atomic E-state index is 12.1. The number of nitro groups is 1. The number of nitrogens with zero attached hydrogens (tertiary/aromatic N) is 3. The number of nitro benzene ring substituents is 1. The molecule has 0 fully saturated rings. The lowest BCUT2D eigenvalue weighted by Crippen LogP contribution is -2.02. The summed E-state index contributed by atoms with van der Waals surface area (Å²) in [7, 11) is 0. The van der Waals surface area contributed by atoms with Crippen molar-refractivity contribution >= 4 is 50.3 Å². The summed E-state index contributed by atoms with van der Waals surface area (Å²) in [5.41, 5.74) is 1.76. The number of ketones is 1. The second-order valence-electron chi connectivity index (χ2n) is 4.58. The maximum absolute atomic E-state index is 12.1. The molecule has 3 rings (SSSR count). The van der Waals surface area contributed by atoms with Crippen LogP contribution in [0, 0.1) is 10.1 Å². The van der Waals surface area contributed by atoms with Gasteiger partial charge in [-0.2, -0.15) is 0 Å². The van der Waals surface area contributed by atoms with Gasteiger partial charge < -0.3 is 4.98 Å². The number of rotatable bonds is 5. The van der Waals surface area contributed by atoms with Crippen molar-refractivity contribution in [2.75, 3.05) is 5.75 Å². The number of imidazole rings is 1. The standard InChI is InChI=1S/C14H9BrN4O3S/c15-9-5-11-13(16-6-9)18-14(17-11)23-7-12(20)8-1-3-10(4-2-8)19(21)22/h1-6H,7H2,(H,16,17,18). The van der Waals surface area contributed by atoms with Crippen LogP contribution in [0.15, 0.2) is 46.2 Å². The lowest BCUT2D eigenvalue weighted by molar-refractivity contribution is -0.384. The van der Waals surface area contributed by atoms with E-state index in [-0.39, 0.29) is 17.2 Å². The number of halogens is 1. The van der Waals surface area contributed by atoms with Gasteiger partial charge in [0.2, 0.25) is 0 Å². The Morgan fingerprint density at radius 2 is 2.09 bits per heavy atom. The minimum absolute atomic E-state index is 0.0388. The number of hydrogen-bond donors (Lipinski definition) is 1. The molecule has 2 heterocycles. The fourth-order valence-corrected chi connectivity index (χ4v) is 3.01. The third-order valence-corrected chi connectivity index (χ3v) is 4.33. The van der Waals surface area contributed by atoms with Gasteiger partial charge in [-0.1, -0.05) is 11.8 Å². The number of non-ortho nitro benzene ring substituents is 1. The van der Waals surface area contributed by atoms with Gasteiger partial charge in [0, 0.05) is 28.4 Å². The summed E-state index contributed by atoms with van der Waals surface area (Å²) in [6.45, 7) is 0. The van der Waals surface area contributed by atoms with E-state index < -0.39 is 4.92 Å². The monoisotopic (exact) mass is 392 g/mol. The van der Waals surface area contributed by atoms with E-state index in [1.54, 1.807) is 6.20 Å². The zero-order valence-electron chi connectivity index (χ0n) is 11.5. The van der Waals surface area contributed by atoms with Gasteiger partial charge >= 0.3 is 0 Å². The molecule has 116 valence electrons. The van der Waals surface area contributed by atoms with Gasteiger partial charge in [-0.25, -0.2) is 9.97 Å². The summed E-state index contributed by atoms with van der Waals surface area (Å²) < 4.78 is 0.840. The Balaban J connectivity index is 1.68. The van der Waals surface area contributed by atoms with Crippen LogP contribution in [0.5, 0.6) is 0 Å². The molecule has 0 aliphatic carbocycles. The first-order valence-corrected chi connectivity index (χ1v) is 8.22. The average molecular weight is 393 g/mol. The van der Waals surface area contributed by atoms with Crippen LogP contribution in [0.1, 0.15) is 10.4 Å². The summed E-state index contributed by atoms with van der Waals surface area (Å²) in [6.07, 6.45) is 1.65. The number of benzene rings is 1. The molecule has 0 unspecified atom stereocenters. The Morgan fingerprint density at radius 3 is 2.78 bits per heavy atom. The first-order valence-electron chi connectivity index (χ1n) is 6.44. The molecule has 7 nitrogen and oxygen atoms in total. The van der Waals surface area contributed by atoms with Crippen molar-refractivity contribution in [3.05, 3.63) is 56.7 Å². The average Bonchev–Trinajstić information content (AvgIpc) is 2.94. The maximum Gasteiger partial charge on any atom is 0.269 e. The summed E-state index contributed by atoms with van der Waals surface area (Å²) in [5.74, 6) is 0.0539. The number of carbonyl (C=O) groups excluding carboxylic acids is 1. The SMILES string of the molecule is O=C(CSc1nc2ncc(Br)cc2[nH]1)c1ccc([N+](=O)[O-])cc1. The highest BCUT2D eigenvalue weighted by Gasteiger charge is 2.12. The molecule has 9 heteroatoms. The Labute approximate surface area is 142 Å². The van der Waals surface area contributed by atoms with Crippen molar-refractivity contribution in [1.82, 2.24) is 15.0 Å². The summed E-state index contributed by atoms with van der Waals surface area (Å²) >= 11 is 4.59. The third-order valence-electron chi connectivity index (χ3n) is 3.02. The zero-order valence-corrected chi connectivity index (χ0v) is 13.9. The number of thioether (sulfide) groups is 1. The van der Waals surface area contributed by atoms with E-state index in [9.17, 15) is 14.9 Å². The minimum atomic E-state index is -0.497.